The number of anilines is 1. The van der Waals surface area contributed by atoms with Crippen LogP contribution < -0.4 is 16.0 Å². The Hall–Kier alpha value is -2.69. The van der Waals surface area contributed by atoms with Crippen LogP contribution >= 0.6 is 0 Å². The maximum atomic E-state index is 13.3. The van der Waals surface area contributed by atoms with E-state index in [1.165, 1.54) is 25.5 Å². The third-order valence-corrected chi connectivity index (χ3v) is 4.73. The first kappa shape index (κ1) is 28.3. The van der Waals surface area contributed by atoms with Gasteiger partial charge in [-0.3, -0.25) is 14.7 Å². The quantitative estimate of drug-likeness (QED) is 0.333. The van der Waals surface area contributed by atoms with Gasteiger partial charge in [0.25, 0.3) is 5.91 Å². The van der Waals surface area contributed by atoms with Crippen LogP contribution in [-0.4, -0.2) is 62.3 Å². The first-order valence-corrected chi connectivity index (χ1v) is 11.1. The summed E-state index contributed by atoms with van der Waals surface area (Å²) < 4.78 is 31.9. The van der Waals surface area contributed by atoms with E-state index in [2.05, 4.69) is 40.0 Å². The zero-order valence-electron chi connectivity index (χ0n) is 19.5. The van der Waals surface area contributed by atoms with Crippen molar-refractivity contribution in [2.75, 3.05) is 45.2 Å². The van der Waals surface area contributed by atoms with Gasteiger partial charge < -0.3 is 20.7 Å². The topological polar surface area (TPSA) is 108 Å². The molecule has 0 radical (unpaired) electrons. The smallest absolute Gasteiger partial charge is 0.261 e. The number of carbonyl (C=O) groups excluding carboxylic acids is 2. The maximum absolute atomic E-state index is 13.3. The Morgan fingerprint density at radius 1 is 1.27 bits per heavy atom. The lowest BCUT2D eigenvalue weighted by Gasteiger charge is -2.06. The van der Waals surface area contributed by atoms with Crippen molar-refractivity contribution in [1.82, 2.24) is 20.8 Å². The van der Waals surface area contributed by atoms with Gasteiger partial charge in [-0.25, -0.2) is 8.78 Å². The van der Waals surface area contributed by atoms with E-state index in [0.717, 1.165) is 57.0 Å². The number of aromatic nitrogens is 2. The van der Waals surface area contributed by atoms with Crippen molar-refractivity contribution in [2.24, 2.45) is 5.92 Å². The molecule has 0 saturated carbocycles. The molecule has 0 bridgehead atoms. The minimum Gasteiger partial charge on any atom is -0.381 e. The maximum Gasteiger partial charge on any atom is 0.261 e. The van der Waals surface area contributed by atoms with Gasteiger partial charge in [-0.15, -0.1) is 0 Å². The summed E-state index contributed by atoms with van der Waals surface area (Å²) in [7, 11) is 1.96. The molecule has 1 aliphatic heterocycles. The number of rotatable bonds is 9. The van der Waals surface area contributed by atoms with E-state index < -0.39 is 23.1 Å². The Labute approximate surface area is 193 Å². The molecule has 1 saturated heterocycles. The Morgan fingerprint density at radius 2 is 2.00 bits per heavy atom. The third kappa shape index (κ3) is 10.6. The molecule has 184 valence electrons. The molecule has 1 amide bonds. The number of nitrogens with one attached hydrogen (secondary N) is 4. The molecule has 1 atom stereocenters. The van der Waals surface area contributed by atoms with E-state index in [-0.39, 0.29) is 11.4 Å². The number of nitrogens with zero attached hydrogens (tertiary/aromatic N) is 1. The number of aromatic amines is 1. The SMILES string of the molecule is CCCNC.CCNCCC1CCOC1.O=Cc1[nH]ncc1NC(=O)c1c(F)cccc1F. The molecule has 1 aromatic heterocycles. The van der Waals surface area contributed by atoms with Crippen molar-refractivity contribution in [2.45, 2.75) is 33.1 Å². The summed E-state index contributed by atoms with van der Waals surface area (Å²) in [5, 5.41) is 14.4. The Bertz CT molecular complexity index is 804. The fourth-order valence-corrected chi connectivity index (χ4v) is 2.93. The lowest BCUT2D eigenvalue weighted by Crippen LogP contribution is -2.17. The van der Waals surface area contributed by atoms with Gasteiger partial charge >= 0.3 is 0 Å². The molecule has 3 rings (SSSR count). The number of H-pyrrole nitrogens is 1. The lowest BCUT2D eigenvalue weighted by atomic mass is 10.1. The van der Waals surface area contributed by atoms with Crippen LogP contribution in [0.2, 0.25) is 0 Å². The van der Waals surface area contributed by atoms with Crippen LogP contribution in [-0.2, 0) is 4.74 Å². The molecule has 33 heavy (non-hydrogen) atoms. The molecule has 2 heterocycles. The van der Waals surface area contributed by atoms with Gasteiger partial charge in [-0.1, -0.05) is 19.9 Å². The molecule has 1 fully saturated rings. The largest absolute Gasteiger partial charge is 0.381 e. The van der Waals surface area contributed by atoms with Crippen LogP contribution in [0.4, 0.5) is 14.5 Å². The van der Waals surface area contributed by atoms with Crippen LogP contribution in [0.3, 0.4) is 0 Å². The zero-order chi connectivity index (χ0) is 24.5. The summed E-state index contributed by atoms with van der Waals surface area (Å²) in [6.07, 6.45) is 5.39. The van der Waals surface area contributed by atoms with Crippen molar-refractivity contribution in [3.63, 3.8) is 0 Å². The standard InChI is InChI=1S/C11H7F2N3O2.C8H17NO.C4H11N/c12-6-2-1-3-7(13)10(6)11(18)15-8-4-14-16-9(8)5-17;1-2-9-5-3-8-4-6-10-7-8;1-3-4-5-2/h1-5H,(H,14,16)(H,15,18);8-9H,2-7H2,1H3;5H,3-4H2,1-2H3. The number of hydrogen-bond donors (Lipinski definition) is 4. The van der Waals surface area contributed by atoms with E-state index in [1.807, 2.05) is 7.05 Å². The van der Waals surface area contributed by atoms with Crippen molar-refractivity contribution in [3.05, 3.63) is 47.3 Å². The number of aldehydes is 1. The average Bonchev–Trinajstić information content (AvgIpc) is 3.47. The van der Waals surface area contributed by atoms with Gasteiger partial charge in [0.15, 0.2) is 6.29 Å². The average molecular weight is 468 g/mol. The minimum absolute atomic E-state index is 0.0140. The molecule has 1 aliphatic rings. The number of amides is 1. The summed E-state index contributed by atoms with van der Waals surface area (Å²) in [4.78, 5) is 22.2. The molecule has 0 aliphatic carbocycles. The van der Waals surface area contributed by atoms with Crippen LogP contribution in [0, 0.1) is 17.6 Å². The molecule has 1 unspecified atom stereocenters. The molecule has 1 aromatic carbocycles. The van der Waals surface area contributed by atoms with E-state index in [1.54, 1.807) is 0 Å². The van der Waals surface area contributed by atoms with Crippen molar-refractivity contribution >= 4 is 17.9 Å². The number of hydrogen-bond acceptors (Lipinski definition) is 6. The normalized spacial score (nSPS) is 14.5. The molecular formula is C23H35F2N5O3. The fraction of sp³-hybridized carbons (Fsp3) is 0.522. The summed E-state index contributed by atoms with van der Waals surface area (Å²) in [6, 6.07) is 3.08. The second-order valence-corrected chi connectivity index (χ2v) is 7.34. The number of halogens is 2. The predicted octanol–water partition coefficient (Wildman–Crippen LogP) is 3.39. The van der Waals surface area contributed by atoms with Gasteiger partial charge in [-0.2, -0.15) is 5.10 Å². The molecule has 0 spiro atoms. The van der Waals surface area contributed by atoms with E-state index in [4.69, 9.17) is 4.74 Å². The summed E-state index contributed by atoms with van der Waals surface area (Å²) >= 11 is 0. The van der Waals surface area contributed by atoms with Crippen molar-refractivity contribution < 1.29 is 23.1 Å². The van der Waals surface area contributed by atoms with Crippen LogP contribution in [0.1, 0.15) is 54.0 Å². The number of ether oxygens (including phenoxy) is 1. The van der Waals surface area contributed by atoms with Gasteiger partial charge in [0.2, 0.25) is 0 Å². The first-order valence-electron chi connectivity index (χ1n) is 11.1. The van der Waals surface area contributed by atoms with Crippen molar-refractivity contribution in [3.8, 4) is 0 Å². The summed E-state index contributed by atoms with van der Waals surface area (Å²) in [6.45, 7) is 9.65. The highest BCUT2D eigenvalue weighted by atomic mass is 19.1. The van der Waals surface area contributed by atoms with Gasteiger partial charge in [0.1, 0.15) is 22.9 Å². The first-order chi connectivity index (χ1) is 16.0. The predicted molar refractivity (Wildman–Crippen MR) is 125 cm³/mol. The Balaban J connectivity index is 0.000000304. The lowest BCUT2D eigenvalue weighted by molar-refractivity contribution is 0.101. The fourth-order valence-electron chi connectivity index (χ4n) is 2.93. The Kier molecular flexibility index (Phi) is 14.5. The van der Waals surface area contributed by atoms with Gasteiger partial charge in [0, 0.05) is 13.2 Å². The van der Waals surface area contributed by atoms with Crippen LogP contribution in [0.25, 0.3) is 0 Å². The van der Waals surface area contributed by atoms with Crippen molar-refractivity contribution in [1.29, 1.82) is 0 Å². The summed E-state index contributed by atoms with van der Waals surface area (Å²) in [5.41, 5.74) is -0.645. The highest BCUT2D eigenvalue weighted by molar-refractivity contribution is 6.06. The molecule has 8 nitrogen and oxygen atoms in total. The second-order valence-electron chi connectivity index (χ2n) is 7.34. The Morgan fingerprint density at radius 3 is 2.52 bits per heavy atom. The molecule has 2 aromatic rings. The monoisotopic (exact) mass is 467 g/mol. The minimum atomic E-state index is -0.991. The number of carbonyl (C=O) groups is 2. The van der Waals surface area contributed by atoms with Gasteiger partial charge in [0.05, 0.1) is 11.9 Å². The highest BCUT2D eigenvalue weighted by Gasteiger charge is 2.18. The molecular weight excluding hydrogens is 432 g/mol. The van der Waals surface area contributed by atoms with E-state index >= 15 is 0 Å². The highest BCUT2D eigenvalue weighted by Crippen LogP contribution is 2.16. The second kappa shape index (κ2) is 16.9. The molecule has 10 heteroatoms. The van der Waals surface area contributed by atoms with Crippen LogP contribution in [0.15, 0.2) is 24.4 Å². The van der Waals surface area contributed by atoms with E-state index in [9.17, 15) is 18.4 Å². The third-order valence-electron chi connectivity index (χ3n) is 4.73. The summed E-state index contributed by atoms with van der Waals surface area (Å²) in [5.74, 6) is -2.12. The van der Waals surface area contributed by atoms with Crippen LogP contribution in [0.5, 0.6) is 0 Å². The zero-order valence-corrected chi connectivity index (χ0v) is 19.5. The van der Waals surface area contributed by atoms with Gasteiger partial charge in [-0.05, 0) is 64.0 Å². The molecule has 4 N–H and O–H groups in total. The number of benzene rings is 1. The van der Waals surface area contributed by atoms with E-state index in [0.29, 0.717) is 6.29 Å².